The highest BCUT2D eigenvalue weighted by atomic mass is 127. The Kier molecular flexibility index (Phi) is 10.6. The summed E-state index contributed by atoms with van der Waals surface area (Å²) in [6.07, 6.45) is 10.2. The Morgan fingerprint density at radius 2 is 1.52 bits per heavy atom. The fourth-order valence-electron chi connectivity index (χ4n) is 3.85. The largest absolute Gasteiger partial charge is 0.385 e. The molecule has 2 aliphatic rings. The van der Waals surface area contributed by atoms with E-state index >= 15 is 0 Å². The maximum atomic E-state index is 5.61. The first kappa shape index (κ1) is 23.0. The average Bonchev–Trinajstić information content (AvgIpc) is 3.22. The number of guanidine groups is 1. The van der Waals surface area contributed by atoms with E-state index in [0.717, 1.165) is 51.7 Å². The van der Waals surface area contributed by atoms with Crippen LogP contribution in [0.3, 0.4) is 0 Å². The zero-order chi connectivity index (χ0) is 17.3. The predicted molar refractivity (Wildman–Crippen MR) is 115 cm³/mol. The third-order valence-corrected chi connectivity index (χ3v) is 5.92. The zero-order valence-corrected chi connectivity index (χ0v) is 18.7. The second kappa shape index (κ2) is 11.6. The zero-order valence-electron chi connectivity index (χ0n) is 16.4. The molecule has 0 aromatic rings. The molecule has 0 amide bonds. The number of aliphatic imine (C=N–C) groups is 1. The number of hydrogen-bond acceptors (Lipinski definition) is 3. The van der Waals surface area contributed by atoms with Gasteiger partial charge in [0.1, 0.15) is 0 Å². The molecule has 2 saturated carbocycles. The number of rotatable bonds is 11. The van der Waals surface area contributed by atoms with Crippen LogP contribution in [0.1, 0.15) is 58.3 Å². The number of methoxy groups -OCH3 is 1. The fourth-order valence-corrected chi connectivity index (χ4v) is 3.85. The standard InChI is InChI=1S/C19H37N3O2.HI/c1-4-24-14-12-18(7-5-6-8-18)15-21-17(20-2)22-16-19(9-10-19)11-13-23-3;/h4-16H2,1-3H3,(H2,20,21,22);1H. The van der Waals surface area contributed by atoms with Crippen molar-refractivity contribution in [1.29, 1.82) is 0 Å². The summed E-state index contributed by atoms with van der Waals surface area (Å²) in [5.41, 5.74) is 0.827. The van der Waals surface area contributed by atoms with Crippen LogP contribution in [0, 0.1) is 10.8 Å². The van der Waals surface area contributed by atoms with Crippen LogP contribution in [0.5, 0.6) is 0 Å². The molecule has 2 rings (SSSR count). The van der Waals surface area contributed by atoms with E-state index in [4.69, 9.17) is 9.47 Å². The summed E-state index contributed by atoms with van der Waals surface area (Å²) < 4.78 is 10.8. The molecule has 0 radical (unpaired) electrons. The first-order chi connectivity index (χ1) is 11.7. The Hall–Kier alpha value is -0.0800. The summed E-state index contributed by atoms with van der Waals surface area (Å²) in [6, 6.07) is 0. The summed E-state index contributed by atoms with van der Waals surface area (Å²) in [7, 11) is 3.65. The Morgan fingerprint density at radius 3 is 2.00 bits per heavy atom. The SMILES string of the molecule is CCOCCC1(CNC(=NC)NCC2(CCOC)CC2)CCCC1.I. The molecule has 2 aliphatic carbocycles. The molecule has 0 bridgehead atoms. The molecule has 0 atom stereocenters. The molecule has 2 fully saturated rings. The average molecular weight is 467 g/mol. The van der Waals surface area contributed by atoms with Gasteiger partial charge in [0, 0.05) is 47.1 Å². The van der Waals surface area contributed by atoms with Crippen LogP contribution in [0.15, 0.2) is 4.99 Å². The first-order valence-corrected chi connectivity index (χ1v) is 9.69. The van der Waals surface area contributed by atoms with Gasteiger partial charge >= 0.3 is 0 Å². The fraction of sp³-hybridized carbons (Fsp3) is 0.947. The smallest absolute Gasteiger partial charge is 0.191 e. The topological polar surface area (TPSA) is 54.9 Å². The van der Waals surface area contributed by atoms with Crippen molar-refractivity contribution >= 4 is 29.9 Å². The lowest BCUT2D eigenvalue weighted by Gasteiger charge is -2.30. The van der Waals surface area contributed by atoms with Crippen molar-refractivity contribution < 1.29 is 9.47 Å². The normalized spacial score (nSPS) is 20.8. The highest BCUT2D eigenvalue weighted by Gasteiger charge is 2.42. The molecule has 0 unspecified atom stereocenters. The third kappa shape index (κ3) is 7.59. The molecular formula is C19H38IN3O2. The van der Waals surface area contributed by atoms with Crippen LogP contribution < -0.4 is 10.6 Å². The van der Waals surface area contributed by atoms with Crippen molar-refractivity contribution in [1.82, 2.24) is 10.6 Å². The van der Waals surface area contributed by atoms with Crippen LogP contribution >= 0.6 is 24.0 Å². The molecule has 5 nitrogen and oxygen atoms in total. The van der Waals surface area contributed by atoms with E-state index in [1.807, 2.05) is 7.05 Å². The van der Waals surface area contributed by atoms with E-state index in [2.05, 4.69) is 22.5 Å². The lowest BCUT2D eigenvalue weighted by molar-refractivity contribution is 0.105. The molecule has 0 aromatic carbocycles. The Morgan fingerprint density at radius 1 is 0.960 bits per heavy atom. The Bertz CT molecular complexity index is 394. The number of ether oxygens (including phenoxy) is 2. The number of halogens is 1. The highest BCUT2D eigenvalue weighted by molar-refractivity contribution is 14.0. The molecule has 25 heavy (non-hydrogen) atoms. The van der Waals surface area contributed by atoms with Gasteiger partial charge in [0.05, 0.1) is 0 Å². The van der Waals surface area contributed by atoms with Crippen molar-refractivity contribution in [2.45, 2.75) is 58.3 Å². The summed E-state index contributed by atoms with van der Waals surface area (Å²) in [5, 5.41) is 7.13. The van der Waals surface area contributed by atoms with Gasteiger partial charge in [-0.05, 0) is 56.3 Å². The van der Waals surface area contributed by atoms with Gasteiger partial charge in [-0.2, -0.15) is 0 Å². The van der Waals surface area contributed by atoms with Crippen LogP contribution in [0.25, 0.3) is 0 Å². The van der Waals surface area contributed by atoms with E-state index < -0.39 is 0 Å². The summed E-state index contributed by atoms with van der Waals surface area (Å²) in [4.78, 5) is 4.42. The van der Waals surface area contributed by atoms with E-state index in [1.54, 1.807) is 7.11 Å². The summed E-state index contributed by atoms with van der Waals surface area (Å²) in [5.74, 6) is 0.946. The summed E-state index contributed by atoms with van der Waals surface area (Å²) >= 11 is 0. The van der Waals surface area contributed by atoms with Gasteiger partial charge in [0.2, 0.25) is 0 Å². The molecule has 0 saturated heterocycles. The van der Waals surface area contributed by atoms with Crippen molar-refractivity contribution in [3.8, 4) is 0 Å². The van der Waals surface area contributed by atoms with Gasteiger partial charge in [-0.1, -0.05) is 12.8 Å². The second-order valence-corrected chi connectivity index (χ2v) is 7.68. The highest BCUT2D eigenvalue weighted by Crippen LogP contribution is 2.48. The molecule has 0 aromatic heterocycles. The molecular weight excluding hydrogens is 429 g/mol. The predicted octanol–water partition coefficient (Wildman–Crippen LogP) is 3.57. The van der Waals surface area contributed by atoms with E-state index in [-0.39, 0.29) is 24.0 Å². The van der Waals surface area contributed by atoms with E-state index in [9.17, 15) is 0 Å². The Balaban J connectivity index is 0.00000312. The Labute approximate surface area is 171 Å². The number of hydrogen-bond donors (Lipinski definition) is 2. The first-order valence-electron chi connectivity index (χ1n) is 9.69. The molecule has 148 valence electrons. The van der Waals surface area contributed by atoms with Gasteiger partial charge in [-0.25, -0.2) is 0 Å². The van der Waals surface area contributed by atoms with Gasteiger partial charge < -0.3 is 20.1 Å². The van der Waals surface area contributed by atoms with Crippen molar-refractivity contribution in [3.05, 3.63) is 0 Å². The molecule has 0 spiro atoms. The summed E-state index contributed by atoms with van der Waals surface area (Å²) in [6.45, 7) is 6.63. The lowest BCUT2D eigenvalue weighted by atomic mass is 9.83. The minimum atomic E-state index is 0. The van der Waals surface area contributed by atoms with Gasteiger partial charge in [-0.15, -0.1) is 24.0 Å². The van der Waals surface area contributed by atoms with Crippen molar-refractivity contribution in [2.75, 3.05) is 47.1 Å². The van der Waals surface area contributed by atoms with Gasteiger partial charge in [0.25, 0.3) is 0 Å². The van der Waals surface area contributed by atoms with Gasteiger partial charge in [-0.3, -0.25) is 4.99 Å². The molecule has 6 heteroatoms. The van der Waals surface area contributed by atoms with Crippen molar-refractivity contribution in [2.24, 2.45) is 15.8 Å². The quantitative estimate of drug-likeness (QED) is 0.211. The van der Waals surface area contributed by atoms with Crippen LogP contribution in [0.2, 0.25) is 0 Å². The van der Waals surface area contributed by atoms with Crippen LogP contribution in [0.4, 0.5) is 0 Å². The maximum Gasteiger partial charge on any atom is 0.191 e. The molecule has 0 aliphatic heterocycles. The van der Waals surface area contributed by atoms with E-state index in [1.165, 1.54) is 38.5 Å². The third-order valence-electron chi connectivity index (χ3n) is 5.92. The van der Waals surface area contributed by atoms with Crippen LogP contribution in [-0.4, -0.2) is 53.0 Å². The number of nitrogens with one attached hydrogen (secondary N) is 2. The molecule has 2 N–H and O–H groups in total. The molecule has 0 heterocycles. The minimum absolute atomic E-state index is 0. The second-order valence-electron chi connectivity index (χ2n) is 7.68. The van der Waals surface area contributed by atoms with Crippen molar-refractivity contribution in [3.63, 3.8) is 0 Å². The monoisotopic (exact) mass is 467 g/mol. The maximum absolute atomic E-state index is 5.61. The van der Waals surface area contributed by atoms with E-state index in [0.29, 0.717) is 10.8 Å². The minimum Gasteiger partial charge on any atom is -0.385 e. The lowest BCUT2D eigenvalue weighted by Crippen LogP contribution is -2.45. The number of nitrogens with zero attached hydrogens (tertiary/aromatic N) is 1. The van der Waals surface area contributed by atoms with Crippen LogP contribution in [-0.2, 0) is 9.47 Å². The van der Waals surface area contributed by atoms with Gasteiger partial charge in [0.15, 0.2) is 5.96 Å².